The van der Waals surface area contributed by atoms with Crippen LogP contribution >= 0.6 is 11.6 Å². The van der Waals surface area contributed by atoms with E-state index in [0.717, 1.165) is 44.0 Å². The van der Waals surface area contributed by atoms with Crippen LogP contribution in [0.4, 0.5) is 0 Å². The number of carbonyl (C=O) groups is 2. The molecule has 2 aromatic carbocycles. The Bertz CT molecular complexity index is 804. The first-order chi connectivity index (χ1) is 13.6. The largest absolute Gasteiger partial charge is 0.452 e. The third kappa shape index (κ3) is 6.05. The Morgan fingerprint density at radius 1 is 1.07 bits per heavy atom. The van der Waals surface area contributed by atoms with Crippen LogP contribution in [0.5, 0.6) is 0 Å². The number of hydrogen-bond acceptors (Lipinski definition) is 4. The molecule has 6 nitrogen and oxygen atoms in total. The van der Waals surface area contributed by atoms with Crippen LogP contribution in [-0.2, 0) is 27.4 Å². The summed E-state index contributed by atoms with van der Waals surface area (Å²) in [6, 6.07) is 14.6. The van der Waals surface area contributed by atoms with Crippen molar-refractivity contribution in [1.82, 2.24) is 5.32 Å². The molecule has 2 aromatic rings. The highest BCUT2D eigenvalue weighted by atomic mass is 35.5. The molecule has 0 aromatic heterocycles. The van der Waals surface area contributed by atoms with Crippen molar-refractivity contribution in [2.24, 2.45) is 0 Å². The molecule has 0 radical (unpaired) electrons. The van der Waals surface area contributed by atoms with Gasteiger partial charge in [-0.3, -0.25) is 4.79 Å². The molecule has 0 atom stereocenters. The van der Waals surface area contributed by atoms with E-state index in [-0.39, 0.29) is 19.1 Å². The maximum Gasteiger partial charge on any atom is 0.338 e. The third-order valence-corrected chi connectivity index (χ3v) is 4.98. The van der Waals surface area contributed by atoms with E-state index in [1.54, 1.807) is 18.2 Å². The molecular formula is C21H24ClN2O4+. The quantitative estimate of drug-likeness (QED) is 0.682. The zero-order valence-electron chi connectivity index (χ0n) is 15.6. The lowest BCUT2D eigenvalue weighted by Gasteiger charge is -2.23. The summed E-state index contributed by atoms with van der Waals surface area (Å²) in [5.41, 5.74) is 2.40. The fraction of sp³-hybridized carbons (Fsp3) is 0.333. The molecule has 1 aliphatic heterocycles. The van der Waals surface area contributed by atoms with Crippen molar-refractivity contribution >= 4 is 23.5 Å². The number of benzene rings is 2. The van der Waals surface area contributed by atoms with Crippen LogP contribution in [0.15, 0.2) is 48.5 Å². The summed E-state index contributed by atoms with van der Waals surface area (Å²) in [5.74, 6) is -0.890. The molecule has 1 aliphatic rings. The van der Waals surface area contributed by atoms with Crippen LogP contribution in [0, 0.1) is 0 Å². The minimum Gasteiger partial charge on any atom is -0.452 e. The fourth-order valence-corrected chi connectivity index (χ4v) is 3.19. The summed E-state index contributed by atoms with van der Waals surface area (Å²) in [7, 11) is 0. The van der Waals surface area contributed by atoms with Crippen LogP contribution in [0.3, 0.4) is 0 Å². The SMILES string of the molecule is O=C(COC(=O)c1ccc(C[NH+]2CCOCC2)cc1)NCc1ccccc1Cl. The van der Waals surface area contributed by atoms with Gasteiger partial charge in [0.2, 0.25) is 0 Å². The Hall–Kier alpha value is -2.41. The summed E-state index contributed by atoms with van der Waals surface area (Å²) in [6.07, 6.45) is 0. The van der Waals surface area contributed by atoms with Crippen LogP contribution < -0.4 is 10.2 Å². The highest BCUT2D eigenvalue weighted by Crippen LogP contribution is 2.14. The number of halogens is 1. The molecule has 3 rings (SSSR count). The van der Waals surface area contributed by atoms with Crippen LogP contribution in [0.2, 0.25) is 5.02 Å². The summed E-state index contributed by atoms with van der Waals surface area (Å²) in [6.45, 7) is 4.43. The highest BCUT2D eigenvalue weighted by Gasteiger charge is 2.15. The summed E-state index contributed by atoms with van der Waals surface area (Å²) in [4.78, 5) is 25.5. The van der Waals surface area contributed by atoms with Crippen molar-refractivity contribution in [3.05, 3.63) is 70.2 Å². The van der Waals surface area contributed by atoms with E-state index < -0.39 is 5.97 Å². The average Bonchev–Trinajstić information content (AvgIpc) is 2.73. The molecule has 28 heavy (non-hydrogen) atoms. The molecule has 1 heterocycles. The van der Waals surface area contributed by atoms with E-state index in [9.17, 15) is 9.59 Å². The molecule has 0 spiro atoms. The molecule has 0 unspecified atom stereocenters. The molecule has 7 heteroatoms. The van der Waals surface area contributed by atoms with Crippen LogP contribution in [-0.4, -0.2) is 44.8 Å². The van der Waals surface area contributed by atoms with E-state index >= 15 is 0 Å². The molecule has 1 saturated heterocycles. The Morgan fingerprint density at radius 2 is 1.79 bits per heavy atom. The molecular weight excluding hydrogens is 380 g/mol. The fourth-order valence-electron chi connectivity index (χ4n) is 2.99. The Kier molecular flexibility index (Phi) is 7.42. The number of carbonyl (C=O) groups excluding carboxylic acids is 2. The number of quaternary nitrogens is 1. The van der Waals surface area contributed by atoms with Crippen molar-refractivity contribution in [2.45, 2.75) is 13.1 Å². The summed E-state index contributed by atoms with van der Waals surface area (Å²) < 4.78 is 10.5. The normalized spacial score (nSPS) is 14.5. The molecule has 0 saturated carbocycles. The first-order valence-electron chi connectivity index (χ1n) is 9.29. The topological polar surface area (TPSA) is 69.1 Å². The van der Waals surface area contributed by atoms with Gasteiger partial charge >= 0.3 is 5.97 Å². The van der Waals surface area contributed by atoms with Gasteiger partial charge in [0.05, 0.1) is 18.8 Å². The van der Waals surface area contributed by atoms with E-state index in [4.69, 9.17) is 21.1 Å². The van der Waals surface area contributed by atoms with Gasteiger partial charge in [0.1, 0.15) is 19.6 Å². The van der Waals surface area contributed by atoms with Gasteiger partial charge < -0.3 is 19.7 Å². The second-order valence-corrected chi connectivity index (χ2v) is 7.09. The minimum absolute atomic E-state index is 0.286. The highest BCUT2D eigenvalue weighted by molar-refractivity contribution is 6.31. The zero-order valence-corrected chi connectivity index (χ0v) is 16.3. The first-order valence-corrected chi connectivity index (χ1v) is 9.67. The van der Waals surface area contributed by atoms with Gasteiger partial charge in [-0.2, -0.15) is 0 Å². The molecule has 0 bridgehead atoms. The number of amides is 1. The number of hydrogen-bond donors (Lipinski definition) is 2. The minimum atomic E-state index is -0.516. The molecule has 148 valence electrons. The molecule has 1 fully saturated rings. The molecule has 1 amide bonds. The Balaban J connectivity index is 1.42. The predicted molar refractivity (Wildman–Crippen MR) is 105 cm³/mol. The second-order valence-electron chi connectivity index (χ2n) is 6.68. The second kappa shape index (κ2) is 10.2. The third-order valence-electron chi connectivity index (χ3n) is 4.61. The van der Waals surface area contributed by atoms with Crippen molar-refractivity contribution in [3.63, 3.8) is 0 Å². The van der Waals surface area contributed by atoms with Gasteiger partial charge in [0.25, 0.3) is 5.91 Å². The van der Waals surface area contributed by atoms with Crippen molar-refractivity contribution < 1.29 is 24.0 Å². The Morgan fingerprint density at radius 3 is 2.50 bits per heavy atom. The number of rotatable bonds is 7. The lowest BCUT2D eigenvalue weighted by Crippen LogP contribution is -3.12. The lowest BCUT2D eigenvalue weighted by atomic mass is 10.1. The summed E-state index contributed by atoms with van der Waals surface area (Å²) >= 11 is 6.05. The van der Waals surface area contributed by atoms with E-state index in [1.807, 2.05) is 30.3 Å². The van der Waals surface area contributed by atoms with Crippen molar-refractivity contribution in [1.29, 1.82) is 0 Å². The summed E-state index contributed by atoms with van der Waals surface area (Å²) in [5, 5.41) is 3.27. The van der Waals surface area contributed by atoms with E-state index in [2.05, 4.69) is 5.32 Å². The van der Waals surface area contributed by atoms with Crippen LogP contribution in [0.1, 0.15) is 21.5 Å². The number of ether oxygens (including phenoxy) is 2. The standard InChI is InChI=1S/C21H23ClN2O4/c22-19-4-2-1-3-18(19)13-23-20(25)15-28-21(26)17-7-5-16(6-8-17)14-24-9-11-27-12-10-24/h1-8H,9-15H2,(H,23,25)/p+1. The average molecular weight is 404 g/mol. The van der Waals surface area contributed by atoms with E-state index in [1.165, 1.54) is 4.90 Å². The Labute approximate surface area is 169 Å². The lowest BCUT2D eigenvalue weighted by molar-refractivity contribution is -0.921. The smallest absolute Gasteiger partial charge is 0.338 e. The monoisotopic (exact) mass is 403 g/mol. The predicted octanol–water partition coefficient (Wildman–Crippen LogP) is 1.23. The van der Waals surface area contributed by atoms with Gasteiger partial charge in [-0.25, -0.2) is 4.79 Å². The van der Waals surface area contributed by atoms with Gasteiger partial charge in [-0.1, -0.05) is 41.9 Å². The number of esters is 1. The van der Waals surface area contributed by atoms with E-state index in [0.29, 0.717) is 10.6 Å². The van der Waals surface area contributed by atoms with Crippen molar-refractivity contribution in [2.75, 3.05) is 32.9 Å². The number of nitrogens with one attached hydrogen (secondary N) is 2. The molecule has 2 N–H and O–H groups in total. The van der Waals surface area contributed by atoms with Gasteiger partial charge in [0.15, 0.2) is 6.61 Å². The maximum absolute atomic E-state index is 12.1. The first kappa shape index (κ1) is 20.3. The van der Waals surface area contributed by atoms with Crippen molar-refractivity contribution in [3.8, 4) is 0 Å². The van der Waals surface area contributed by atoms with Gasteiger partial charge in [0, 0.05) is 17.1 Å². The number of morpholine rings is 1. The van der Waals surface area contributed by atoms with Gasteiger partial charge in [-0.05, 0) is 23.8 Å². The zero-order chi connectivity index (χ0) is 19.8. The maximum atomic E-state index is 12.1. The molecule has 0 aliphatic carbocycles. The van der Waals surface area contributed by atoms with Crippen LogP contribution in [0.25, 0.3) is 0 Å². The van der Waals surface area contributed by atoms with Gasteiger partial charge in [-0.15, -0.1) is 0 Å².